The maximum atomic E-state index is 5.41. The van der Waals surface area contributed by atoms with Crippen molar-refractivity contribution in [2.45, 2.75) is 31.7 Å². The van der Waals surface area contributed by atoms with Gasteiger partial charge in [-0.1, -0.05) is 19.1 Å². The van der Waals surface area contributed by atoms with Crippen molar-refractivity contribution in [2.24, 2.45) is 10.9 Å². The van der Waals surface area contributed by atoms with Crippen LogP contribution in [0, 0.1) is 5.92 Å². The number of rotatable bonds is 11. The molecule has 2 N–H and O–H groups in total. The van der Waals surface area contributed by atoms with E-state index in [0.717, 1.165) is 50.1 Å². The summed E-state index contributed by atoms with van der Waals surface area (Å²) in [6.45, 7) is 7.74. The molecule has 6 nitrogen and oxygen atoms in total. The number of nitrogens with zero attached hydrogens (tertiary/aromatic N) is 3. The summed E-state index contributed by atoms with van der Waals surface area (Å²) in [4.78, 5) is 5.91. The maximum Gasteiger partial charge on any atom is 0.191 e. The van der Waals surface area contributed by atoms with Crippen LogP contribution in [0.2, 0.25) is 0 Å². The minimum absolute atomic E-state index is 0.472. The quantitative estimate of drug-likeness (QED) is 0.267. The number of guanidine groups is 1. The maximum absolute atomic E-state index is 5.41. The van der Waals surface area contributed by atoms with E-state index < -0.39 is 0 Å². The molecule has 0 saturated carbocycles. The van der Waals surface area contributed by atoms with Crippen LogP contribution in [-0.2, 0) is 6.54 Å². The lowest BCUT2D eigenvalue weighted by atomic mass is 10.2. The monoisotopic (exact) mass is 389 g/mol. The molecule has 1 atom stereocenters. The summed E-state index contributed by atoms with van der Waals surface area (Å²) in [6, 6.07) is 10.1. The molecule has 1 heterocycles. The van der Waals surface area contributed by atoms with Crippen LogP contribution >= 0.6 is 11.8 Å². The van der Waals surface area contributed by atoms with Gasteiger partial charge in [-0.3, -0.25) is 9.67 Å². The molecule has 0 radical (unpaired) electrons. The summed E-state index contributed by atoms with van der Waals surface area (Å²) in [5.74, 6) is 3.29. The third-order valence-corrected chi connectivity index (χ3v) is 5.30. The lowest BCUT2D eigenvalue weighted by Gasteiger charge is -2.14. The normalized spacial score (nSPS) is 12.6. The molecule has 2 rings (SSSR count). The SMILES string of the molecule is CCNC(=NCC(C)CSc1ccccc1OC)NCCCn1cccn1. The zero-order chi connectivity index (χ0) is 19.3. The Labute approximate surface area is 166 Å². The molecule has 0 aliphatic heterocycles. The summed E-state index contributed by atoms with van der Waals surface area (Å²) in [7, 11) is 1.72. The predicted octanol–water partition coefficient (Wildman–Crippen LogP) is 3.27. The molecule has 0 bridgehead atoms. The molecule has 0 aliphatic rings. The molecule has 0 fully saturated rings. The lowest BCUT2D eigenvalue weighted by Crippen LogP contribution is -2.38. The van der Waals surface area contributed by atoms with Crippen molar-refractivity contribution >= 4 is 17.7 Å². The van der Waals surface area contributed by atoms with Crippen LogP contribution in [0.4, 0.5) is 0 Å². The van der Waals surface area contributed by atoms with Crippen LogP contribution in [0.1, 0.15) is 20.3 Å². The highest BCUT2D eigenvalue weighted by atomic mass is 32.2. The topological polar surface area (TPSA) is 63.5 Å². The van der Waals surface area contributed by atoms with E-state index in [9.17, 15) is 0 Å². The first kappa shape index (κ1) is 21.2. The van der Waals surface area contributed by atoms with Crippen LogP contribution in [-0.4, -0.2) is 48.2 Å². The standard InChI is InChI=1S/C20H31N5OS/c1-4-21-20(22-11-7-13-25-14-8-12-24-25)23-15-17(2)16-27-19-10-6-5-9-18(19)26-3/h5-6,8-10,12,14,17H,4,7,11,13,15-16H2,1-3H3,(H2,21,22,23). The fraction of sp³-hybridized carbons (Fsp3) is 0.500. The zero-order valence-corrected chi connectivity index (χ0v) is 17.3. The van der Waals surface area contributed by atoms with Crippen LogP contribution in [0.15, 0.2) is 52.6 Å². The van der Waals surface area contributed by atoms with Crippen molar-refractivity contribution in [1.29, 1.82) is 0 Å². The van der Waals surface area contributed by atoms with E-state index >= 15 is 0 Å². The van der Waals surface area contributed by atoms with E-state index in [1.54, 1.807) is 7.11 Å². The van der Waals surface area contributed by atoms with E-state index in [0.29, 0.717) is 5.92 Å². The number of aryl methyl sites for hydroxylation is 1. The first-order valence-corrected chi connectivity index (χ1v) is 10.5. The summed E-state index contributed by atoms with van der Waals surface area (Å²) >= 11 is 1.82. The Hall–Kier alpha value is -2.15. The zero-order valence-electron chi connectivity index (χ0n) is 16.5. The number of hydrogen-bond donors (Lipinski definition) is 2. The first-order valence-electron chi connectivity index (χ1n) is 9.48. The Morgan fingerprint density at radius 3 is 2.89 bits per heavy atom. The van der Waals surface area contributed by atoms with E-state index in [4.69, 9.17) is 9.73 Å². The molecule has 0 amide bonds. The average molecular weight is 390 g/mol. The molecule has 0 spiro atoms. The number of thioether (sulfide) groups is 1. The van der Waals surface area contributed by atoms with E-state index in [-0.39, 0.29) is 0 Å². The third kappa shape index (κ3) is 7.95. The Balaban J connectivity index is 1.73. The van der Waals surface area contributed by atoms with Crippen molar-refractivity contribution in [3.63, 3.8) is 0 Å². The molecule has 7 heteroatoms. The van der Waals surface area contributed by atoms with Gasteiger partial charge in [-0.05, 0) is 37.5 Å². The number of methoxy groups -OCH3 is 1. The van der Waals surface area contributed by atoms with Crippen LogP contribution in [0.25, 0.3) is 0 Å². The van der Waals surface area contributed by atoms with E-state index in [1.165, 1.54) is 4.90 Å². The Morgan fingerprint density at radius 2 is 2.15 bits per heavy atom. The number of ether oxygens (including phenoxy) is 1. The van der Waals surface area contributed by atoms with Crippen molar-refractivity contribution in [3.05, 3.63) is 42.7 Å². The molecule has 0 aliphatic carbocycles. The lowest BCUT2D eigenvalue weighted by molar-refractivity contribution is 0.405. The molecule has 27 heavy (non-hydrogen) atoms. The smallest absolute Gasteiger partial charge is 0.191 e. The average Bonchev–Trinajstić information content (AvgIpc) is 3.21. The summed E-state index contributed by atoms with van der Waals surface area (Å²) < 4.78 is 7.36. The minimum atomic E-state index is 0.472. The fourth-order valence-corrected chi connectivity index (χ4v) is 3.53. The fourth-order valence-electron chi connectivity index (χ4n) is 2.49. The third-order valence-electron chi connectivity index (χ3n) is 3.91. The first-order chi connectivity index (χ1) is 13.2. The largest absolute Gasteiger partial charge is 0.496 e. The van der Waals surface area contributed by atoms with Gasteiger partial charge >= 0.3 is 0 Å². The van der Waals surface area contributed by atoms with Gasteiger partial charge in [-0.15, -0.1) is 11.8 Å². The van der Waals surface area contributed by atoms with Crippen molar-refractivity contribution < 1.29 is 4.74 Å². The Morgan fingerprint density at radius 1 is 1.30 bits per heavy atom. The Kier molecular flexibility index (Phi) is 9.62. The molecule has 1 aromatic carbocycles. The van der Waals surface area contributed by atoms with Gasteiger partial charge in [0.05, 0.1) is 7.11 Å². The van der Waals surface area contributed by atoms with Crippen molar-refractivity contribution in [2.75, 3.05) is 32.5 Å². The van der Waals surface area contributed by atoms with Gasteiger partial charge in [-0.25, -0.2) is 0 Å². The van der Waals surface area contributed by atoms with Gasteiger partial charge in [-0.2, -0.15) is 5.10 Å². The van der Waals surface area contributed by atoms with E-state index in [1.807, 2.05) is 53.1 Å². The summed E-state index contributed by atoms with van der Waals surface area (Å²) in [5.41, 5.74) is 0. The molecule has 1 unspecified atom stereocenters. The summed E-state index contributed by atoms with van der Waals surface area (Å²) in [6.07, 6.45) is 4.80. The second kappa shape index (κ2) is 12.3. The highest BCUT2D eigenvalue weighted by Gasteiger charge is 2.07. The molecular weight excluding hydrogens is 358 g/mol. The van der Waals surface area contributed by atoms with Crippen molar-refractivity contribution in [1.82, 2.24) is 20.4 Å². The molecule has 2 aromatic rings. The Bertz CT molecular complexity index is 675. The van der Waals surface area contributed by atoms with Gasteiger partial charge in [0, 0.05) is 49.2 Å². The highest BCUT2D eigenvalue weighted by Crippen LogP contribution is 2.29. The highest BCUT2D eigenvalue weighted by molar-refractivity contribution is 7.99. The second-order valence-electron chi connectivity index (χ2n) is 6.34. The molecule has 0 saturated heterocycles. The van der Waals surface area contributed by atoms with Crippen LogP contribution in [0.3, 0.4) is 0 Å². The predicted molar refractivity (Wildman–Crippen MR) is 114 cm³/mol. The number of aromatic nitrogens is 2. The number of aliphatic imine (C=N–C) groups is 1. The van der Waals surface area contributed by atoms with Gasteiger partial charge < -0.3 is 15.4 Å². The van der Waals surface area contributed by atoms with E-state index in [2.05, 4.69) is 35.6 Å². The second-order valence-corrected chi connectivity index (χ2v) is 7.40. The van der Waals surface area contributed by atoms with Gasteiger partial charge in [0.2, 0.25) is 0 Å². The molecule has 1 aromatic heterocycles. The van der Waals surface area contributed by atoms with Gasteiger partial charge in [0.25, 0.3) is 0 Å². The van der Waals surface area contributed by atoms with Gasteiger partial charge in [0.1, 0.15) is 5.75 Å². The number of hydrogen-bond acceptors (Lipinski definition) is 4. The number of benzene rings is 1. The molecular formula is C20H31N5OS. The molecule has 148 valence electrons. The van der Waals surface area contributed by atoms with Crippen LogP contribution < -0.4 is 15.4 Å². The number of nitrogens with one attached hydrogen (secondary N) is 2. The van der Waals surface area contributed by atoms with Crippen molar-refractivity contribution in [3.8, 4) is 5.75 Å². The van der Waals surface area contributed by atoms with Gasteiger partial charge in [0.15, 0.2) is 5.96 Å². The minimum Gasteiger partial charge on any atom is -0.496 e. The number of para-hydroxylation sites is 1. The van der Waals surface area contributed by atoms with Crippen LogP contribution in [0.5, 0.6) is 5.75 Å². The summed E-state index contributed by atoms with van der Waals surface area (Å²) in [5, 5.41) is 10.9.